The third-order valence-corrected chi connectivity index (χ3v) is 1.32. The molecular formula is C9H18O. The SMILES string of the molecule is [2H]C([2H])(CC)C([2H])(CCC)C(C)=O. The van der Waals surface area contributed by atoms with Crippen LogP contribution in [0.2, 0.25) is 0 Å². The van der Waals surface area contributed by atoms with Crippen LogP contribution in [-0.2, 0) is 4.79 Å². The summed E-state index contributed by atoms with van der Waals surface area (Å²) >= 11 is 0. The van der Waals surface area contributed by atoms with E-state index in [1.165, 1.54) is 6.92 Å². The van der Waals surface area contributed by atoms with Gasteiger partial charge in [0.2, 0.25) is 0 Å². The summed E-state index contributed by atoms with van der Waals surface area (Å²) in [6.45, 7) is 4.83. The molecule has 0 aromatic carbocycles. The van der Waals surface area contributed by atoms with E-state index in [9.17, 15) is 4.79 Å². The molecule has 10 heavy (non-hydrogen) atoms. The predicted octanol–water partition coefficient (Wildman–Crippen LogP) is 2.79. The van der Waals surface area contributed by atoms with Crippen molar-refractivity contribution >= 4 is 5.78 Å². The van der Waals surface area contributed by atoms with Gasteiger partial charge in [0.25, 0.3) is 0 Å². The Labute approximate surface area is 68.0 Å². The molecule has 0 radical (unpaired) electrons. The molecule has 0 rings (SSSR count). The van der Waals surface area contributed by atoms with Gasteiger partial charge in [0.05, 0.1) is 0 Å². The van der Waals surface area contributed by atoms with E-state index in [0.717, 1.165) is 0 Å². The molecule has 0 spiro atoms. The Hall–Kier alpha value is -0.330. The minimum Gasteiger partial charge on any atom is -0.300 e. The standard InChI is InChI=1S/C9H18O/c1-4-6-9(7-5-2)8(3)10/h9H,4-7H2,1-3H3/i6D2,9D. The molecule has 1 nitrogen and oxygen atoms in total. The van der Waals surface area contributed by atoms with Gasteiger partial charge in [-0.25, -0.2) is 0 Å². The lowest BCUT2D eigenvalue weighted by Crippen LogP contribution is -2.09. The first-order chi connectivity index (χ1) is 5.81. The number of carbonyl (C=O) groups is 1. The third-order valence-electron chi connectivity index (χ3n) is 1.32. The molecule has 0 fully saturated rings. The van der Waals surface area contributed by atoms with E-state index in [0.29, 0.717) is 12.8 Å². The summed E-state index contributed by atoms with van der Waals surface area (Å²) < 4.78 is 23.1. The minimum absolute atomic E-state index is 0.204. The summed E-state index contributed by atoms with van der Waals surface area (Å²) in [5.41, 5.74) is 0. The number of ketones is 1. The van der Waals surface area contributed by atoms with Crippen LogP contribution in [0.3, 0.4) is 0 Å². The molecule has 0 amide bonds. The first-order valence-corrected chi connectivity index (χ1v) is 3.83. The Morgan fingerprint density at radius 2 is 2.20 bits per heavy atom. The van der Waals surface area contributed by atoms with Crippen molar-refractivity contribution in [1.29, 1.82) is 0 Å². The largest absolute Gasteiger partial charge is 0.300 e. The van der Waals surface area contributed by atoms with Gasteiger partial charge in [-0.3, -0.25) is 4.79 Å². The first kappa shape index (κ1) is 5.34. The van der Waals surface area contributed by atoms with Crippen LogP contribution in [0.5, 0.6) is 0 Å². The van der Waals surface area contributed by atoms with E-state index in [2.05, 4.69) is 0 Å². The predicted molar refractivity (Wildman–Crippen MR) is 44.0 cm³/mol. The Bertz CT molecular complexity index is 191. The maximum atomic E-state index is 11.2. The van der Waals surface area contributed by atoms with E-state index in [1.807, 2.05) is 6.92 Å². The molecule has 60 valence electrons. The van der Waals surface area contributed by atoms with Gasteiger partial charge in [-0.15, -0.1) is 0 Å². The zero-order valence-electron chi connectivity index (χ0n) is 10.0. The van der Waals surface area contributed by atoms with E-state index < -0.39 is 12.3 Å². The van der Waals surface area contributed by atoms with Gasteiger partial charge in [0.15, 0.2) is 0 Å². The second kappa shape index (κ2) is 5.45. The van der Waals surface area contributed by atoms with Gasteiger partial charge < -0.3 is 0 Å². The second-order valence-electron chi connectivity index (χ2n) is 2.32. The topological polar surface area (TPSA) is 17.1 Å². The molecule has 1 atom stereocenters. The van der Waals surface area contributed by atoms with Crippen LogP contribution in [0.4, 0.5) is 0 Å². The zero-order valence-corrected chi connectivity index (χ0v) is 7.03. The van der Waals surface area contributed by atoms with Crippen molar-refractivity contribution in [1.82, 2.24) is 0 Å². The molecule has 0 N–H and O–H groups in total. The molecule has 0 saturated heterocycles. The Morgan fingerprint density at radius 1 is 1.60 bits per heavy atom. The average molecular weight is 145 g/mol. The summed E-state index contributed by atoms with van der Waals surface area (Å²) in [4.78, 5) is 11.2. The maximum absolute atomic E-state index is 11.2. The van der Waals surface area contributed by atoms with Crippen molar-refractivity contribution in [3.63, 3.8) is 0 Å². The van der Waals surface area contributed by atoms with Gasteiger partial charge in [-0.1, -0.05) is 26.7 Å². The van der Waals surface area contributed by atoms with Gasteiger partial charge in [0.1, 0.15) is 5.78 Å². The molecule has 1 heteroatoms. The van der Waals surface area contributed by atoms with Crippen molar-refractivity contribution < 1.29 is 8.91 Å². The fourth-order valence-corrected chi connectivity index (χ4v) is 0.852. The highest BCUT2D eigenvalue weighted by Gasteiger charge is 2.10. The van der Waals surface area contributed by atoms with Crippen LogP contribution < -0.4 is 0 Å². The highest BCUT2D eigenvalue weighted by Crippen LogP contribution is 2.13. The third kappa shape index (κ3) is 3.65. The lowest BCUT2D eigenvalue weighted by molar-refractivity contribution is -0.121. The maximum Gasteiger partial charge on any atom is 0.132 e. The van der Waals surface area contributed by atoms with Crippen LogP contribution in [-0.4, -0.2) is 5.78 Å². The van der Waals surface area contributed by atoms with E-state index in [1.54, 1.807) is 6.92 Å². The van der Waals surface area contributed by atoms with Gasteiger partial charge in [0, 0.05) is 10.0 Å². The molecular weight excluding hydrogens is 124 g/mol. The number of hydrogen-bond acceptors (Lipinski definition) is 1. The molecule has 0 aliphatic rings. The van der Waals surface area contributed by atoms with Crippen LogP contribution in [0.15, 0.2) is 0 Å². The number of rotatable bonds is 5. The fraction of sp³-hybridized carbons (Fsp3) is 0.889. The lowest BCUT2D eigenvalue weighted by Gasteiger charge is -2.09. The number of hydrogen-bond donors (Lipinski definition) is 0. The summed E-state index contributed by atoms with van der Waals surface area (Å²) in [6.07, 6.45) is -0.559. The minimum atomic E-state index is -1.71. The van der Waals surface area contributed by atoms with Gasteiger partial charge in [-0.05, 0) is 19.7 Å². The zero-order chi connectivity index (χ0) is 10.7. The van der Waals surface area contributed by atoms with Crippen LogP contribution in [0.25, 0.3) is 0 Å². The summed E-state index contributed by atoms with van der Waals surface area (Å²) in [7, 11) is 0. The van der Waals surface area contributed by atoms with E-state index in [-0.39, 0.29) is 12.2 Å². The number of carbonyl (C=O) groups excluding carboxylic acids is 1. The quantitative estimate of drug-likeness (QED) is 0.581. The fourth-order valence-electron chi connectivity index (χ4n) is 0.852. The second-order valence-corrected chi connectivity index (χ2v) is 2.32. The lowest BCUT2D eigenvalue weighted by atomic mass is 9.95. The Morgan fingerprint density at radius 3 is 2.50 bits per heavy atom. The Kier molecular flexibility index (Phi) is 2.91. The van der Waals surface area contributed by atoms with Crippen LogP contribution >= 0.6 is 0 Å². The molecule has 0 aromatic rings. The molecule has 0 aliphatic carbocycles. The first-order valence-electron chi connectivity index (χ1n) is 5.33. The molecule has 0 aliphatic heterocycles. The van der Waals surface area contributed by atoms with Crippen molar-refractivity contribution in [3.8, 4) is 0 Å². The monoisotopic (exact) mass is 145 g/mol. The number of Topliss-reactive ketones (excluding diaryl/α,β-unsaturated/α-hetero) is 1. The smallest absolute Gasteiger partial charge is 0.132 e. The van der Waals surface area contributed by atoms with Crippen molar-refractivity contribution in [2.45, 2.75) is 46.4 Å². The molecule has 0 aromatic heterocycles. The highest BCUT2D eigenvalue weighted by atomic mass is 16.1. The summed E-state index contributed by atoms with van der Waals surface area (Å²) in [5, 5.41) is 0. The van der Waals surface area contributed by atoms with Crippen molar-refractivity contribution in [2.75, 3.05) is 0 Å². The molecule has 0 heterocycles. The van der Waals surface area contributed by atoms with Crippen molar-refractivity contribution in [3.05, 3.63) is 0 Å². The molecule has 0 bridgehead atoms. The Balaban J connectivity index is 4.88. The highest BCUT2D eigenvalue weighted by molar-refractivity contribution is 5.78. The molecule has 0 saturated carbocycles. The van der Waals surface area contributed by atoms with E-state index >= 15 is 0 Å². The normalized spacial score (nSPS) is 22.1. The van der Waals surface area contributed by atoms with Gasteiger partial charge in [-0.2, -0.15) is 0 Å². The summed E-state index contributed by atoms with van der Waals surface area (Å²) in [5.74, 6) is -1.93. The summed E-state index contributed by atoms with van der Waals surface area (Å²) in [6, 6.07) is 0. The average Bonchev–Trinajstić information content (AvgIpc) is 2.04. The van der Waals surface area contributed by atoms with Crippen LogP contribution in [0, 0.1) is 5.89 Å². The van der Waals surface area contributed by atoms with E-state index in [4.69, 9.17) is 4.11 Å². The van der Waals surface area contributed by atoms with Crippen LogP contribution in [0.1, 0.15) is 50.5 Å². The van der Waals surface area contributed by atoms with Gasteiger partial charge >= 0.3 is 0 Å². The molecule has 1 unspecified atom stereocenters. The van der Waals surface area contributed by atoms with Crippen molar-refractivity contribution in [2.24, 2.45) is 5.89 Å².